The topological polar surface area (TPSA) is 33.7 Å². The van der Waals surface area contributed by atoms with Crippen LogP contribution in [0.1, 0.15) is 11.1 Å². The summed E-state index contributed by atoms with van der Waals surface area (Å²) in [5, 5.41) is 3.15. The monoisotopic (exact) mass is 250 g/mol. The Morgan fingerprint density at radius 3 is 2.56 bits per heavy atom. The third-order valence-electron chi connectivity index (χ3n) is 3.19. The van der Waals surface area contributed by atoms with Gasteiger partial charge in [0.15, 0.2) is 11.5 Å². The molecule has 1 aliphatic rings. The molecule has 1 N–H and O–H groups in total. The molecule has 0 saturated carbocycles. The number of hydrogen-bond donors (Lipinski definition) is 1. The first-order chi connectivity index (χ1) is 8.70. The Kier molecular flexibility index (Phi) is 4.44. The summed E-state index contributed by atoms with van der Waals surface area (Å²) in [5.74, 6) is 1.77. The van der Waals surface area contributed by atoms with Crippen LogP contribution in [0.25, 0.3) is 0 Å². The normalized spacial score (nSPS) is 14.0. The molecular weight excluding hydrogens is 228 g/mol. The molecule has 0 bridgehead atoms. The maximum absolute atomic E-state index is 5.62. The van der Waals surface area contributed by atoms with Crippen LogP contribution in [0.5, 0.6) is 11.5 Å². The molecule has 1 aromatic carbocycles. The molecule has 0 aromatic heterocycles. The fraction of sp³-hybridized carbons (Fsp3) is 0.571. The Bertz CT molecular complexity index is 407. The summed E-state index contributed by atoms with van der Waals surface area (Å²) >= 11 is 0. The molecule has 1 aliphatic heterocycles. The van der Waals surface area contributed by atoms with Gasteiger partial charge in [-0.1, -0.05) is 0 Å². The second-order valence-corrected chi connectivity index (χ2v) is 4.76. The molecule has 0 fully saturated rings. The van der Waals surface area contributed by atoms with E-state index in [2.05, 4.69) is 36.3 Å². The number of hydrogen-bond acceptors (Lipinski definition) is 4. The first-order valence-electron chi connectivity index (χ1n) is 6.43. The Morgan fingerprint density at radius 2 is 1.89 bits per heavy atom. The minimum atomic E-state index is 0.648. The zero-order valence-electron chi connectivity index (χ0n) is 11.5. The molecule has 0 aliphatic carbocycles. The molecule has 0 amide bonds. The lowest BCUT2D eigenvalue weighted by Crippen LogP contribution is -2.30. The van der Waals surface area contributed by atoms with Gasteiger partial charge in [-0.2, -0.15) is 0 Å². The molecule has 0 radical (unpaired) electrons. The van der Waals surface area contributed by atoms with Crippen LogP contribution in [0.3, 0.4) is 0 Å². The van der Waals surface area contributed by atoms with E-state index in [1.165, 1.54) is 11.1 Å². The highest BCUT2D eigenvalue weighted by atomic mass is 16.6. The summed E-state index contributed by atoms with van der Waals surface area (Å²) in [4.78, 5) is 2.26. The molecule has 1 heterocycles. The van der Waals surface area contributed by atoms with Crippen molar-refractivity contribution in [2.45, 2.75) is 13.3 Å². The van der Waals surface area contributed by atoms with E-state index in [0.29, 0.717) is 13.2 Å². The van der Waals surface area contributed by atoms with Crippen molar-refractivity contribution in [2.75, 3.05) is 40.5 Å². The number of nitrogens with zero attached hydrogens (tertiary/aromatic N) is 1. The lowest BCUT2D eigenvalue weighted by molar-refractivity contribution is 0.171. The van der Waals surface area contributed by atoms with Crippen LogP contribution in [0.15, 0.2) is 12.1 Å². The zero-order valence-corrected chi connectivity index (χ0v) is 11.5. The Labute approximate surface area is 109 Å². The van der Waals surface area contributed by atoms with Crippen molar-refractivity contribution in [1.82, 2.24) is 10.2 Å². The van der Waals surface area contributed by atoms with Crippen LogP contribution in [0, 0.1) is 6.92 Å². The van der Waals surface area contributed by atoms with E-state index < -0.39 is 0 Å². The Balaban J connectivity index is 2.04. The SMILES string of the molecule is CNCN(C)CCc1cc2c(cc1C)OCCO2. The molecule has 0 saturated heterocycles. The summed E-state index contributed by atoms with van der Waals surface area (Å²) < 4.78 is 11.2. The van der Waals surface area contributed by atoms with Gasteiger partial charge in [0.25, 0.3) is 0 Å². The Hall–Kier alpha value is -1.26. The second kappa shape index (κ2) is 6.07. The van der Waals surface area contributed by atoms with E-state index in [0.717, 1.165) is 31.1 Å². The lowest BCUT2D eigenvalue weighted by Gasteiger charge is -2.21. The van der Waals surface area contributed by atoms with Gasteiger partial charge in [-0.25, -0.2) is 0 Å². The molecule has 100 valence electrons. The van der Waals surface area contributed by atoms with Gasteiger partial charge in [-0.05, 0) is 50.7 Å². The standard InChI is InChI=1S/C14H22N2O2/c1-11-8-13-14(18-7-6-17-13)9-12(11)4-5-16(3)10-15-2/h8-9,15H,4-7,10H2,1-3H3. The summed E-state index contributed by atoms with van der Waals surface area (Å²) in [6, 6.07) is 4.21. The number of ether oxygens (including phenoxy) is 2. The summed E-state index contributed by atoms with van der Waals surface area (Å²) in [7, 11) is 4.08. The average Bonchev–Trinajstić information content (AvgIpc) is 2.36. The second-order valence-electron chi connectivity index (χ2n) is 4.76. The van der Waals surface area contributed by atoms with E-state index in [1.807, 2.05) is 7.05 Å². The summed E-state index contributed by atoms with van der Waals surface area (Å²) in [6.07, 6.45) is 1.03. The van der Waals surface area contributed by atoms with Gasteiger partial charge in [0.1, 0.15) is 13.2 Å². The Morgan fingerprint density at radius 1 is 1.22 bits per heavy atom. The van der Waals surface area contributed by atoms with Gasteiger partial charge in [-0.15, -0.1) is 0 Å². The predicted molar refractivity (Wildman–Crippen MR) is 72.4 cm³/mol. The van der Waals surface area contributed by atoms with Crippen LogP contribution < -0.4 is 14.8 Å². The number of benzene rings is 1. The lowest BCUT2D eigenvalue weighted by atomic mass is 10.0. The maximum atomic E-state index is 5.62. The smallest absolute Gasteiger partial charge is 0.161 e. The molecule has 0 atom stereocenters. The van der Waals surface area contributed by atoms with E-state index >= 15 is 0 Å². The van der Waals surface area contributed by atoms with E-state index in [1.54, 1.807) is 0 Å². The highest BCUT2D eigenvalue weighted by Crippen LogP contribution is 2.33. The van der Waals surface area contributed by atoms with Crippen molar-refractivity contribution >= 4 is 0 Å². The summed E-state index contributed by atoms with van der Waals surface area (Å²) in [6.45, 7) is 5.36. The number of likely N-dealkylation sites (N-methyl/N-ethyl adjacent to an activating group) is 1. The molecule has 1 aromatic rings. The molecule has 0 spiro atoms. The first-order valence-corrected chi connectivity index (χ1v) is 6.43. The van der Waals surface area contributed by atoms with Crippen LogP contribution in [-0.4, -0.2) is 45.4 Å². The third kappa shape index (κ3) is 3.15. The van der Waals surface area contributed by atoms with E-state index in [9.17, 15) is 0 Å². The van der Waals surface area contributed by atoms with Gasteiger partial charge < -0.3 is 14.8 Å². The molecule has 2 rings (SSSR count). The number of rotatable bonds is 5. The van der Waals surface area contributed by atoms with Crippen molar-refractivity contribution in [2.24, 2.45) is 0 Å². The fourth-order valence-electron chi connectivity index (χ4n) is 2.16. The van der Waals surface area contributed by atoms with Gasteiger partial charge in [0.2, 0.25) is 0 Å². The molecule has 18 heavy (non-hydrogen) atoms. The highest BCUT2D eigenvalue weighted by Gasteiger charge is 2.14. The van der Waals surface area contributed by atoms with Crippen molar-refractivity contribution in [3.8, 4) is 11.5 Å². The number of nitrogens with one attached hydrogen (secondary N) is 1. The van der Waals surface area contributed by atoms with Gasteiger partial charge in [0, 0.05) is 13.2 Å². The summed E-state index contributed by atoms with van der Waals surface area (Å²) in [5.41, 5.74) is 2.61. The van der Waals surface area contributed by atoms with Gasteiger partial charge in [0.05, 0.1) is 0 Å². The van der Waals surface area contributed by atoms with Crippen molar-refractivity contribution < 1.29 is 9.47 Å². The molecular formula is C14H22N2O2. The zero-order chi connectivity index (χ0) is 13.0. The van der Waals surface area contributed by atoms with Crippen LogP contribution in [0.2, 0.25) is 0 Å². The number of aryl methyl sites for hydroxylation is 1. The maximum Gasteiger partial charge on any atom is 0.161 e. The van der Waals surface area contributed by atoms with E-state index in [4.69, 9.17) is 9.47 Å². The van der Waals surface area contributed by atoms with Crippen molar-refractivity contribution in [3.05, 3.63) is 23.3 Å². The molecule has 0 unspecified atom stereocenters. The first kappa shape index (κ1) is 13.2. The van der Waals surface area contributed by atoms with Gasteiger partial charge in [-0.3, -0.25) is 4.90 Å². The van der Waals surface area contributed by atoms with Crippen LogP contribution in [0.4, 0.5) is 0 Å². The largest absolute Gasteiger partial charge is 0.486 e. The number of fused-ring (bicyclic) bond motifs is 1. The minimum Gasteiger partial charge on any atom is -0.486 e. The van der Waals surface area contributed by atoms with Crippen LogP contribution >= 0.6 is 0 Å². The van der Waals surface area contributed by atoms with Gasteiger partial charge >= 0.3 is 0 Å². The molecule has 4 heteroatoms. The predicted octanol–water partition coefficient (Wildman–Crippen LogP) is 1.42. The quantitative estimate of drug-likeness (QED) is 0.801. The minimum absolute atomic E-state index is 0.648. The molecule has 4 nitrogen and oxygen atoms in total. The third-order valence-corrected chi connectivity index (χ3v) is 3.19. The van der Waals surface area contributed by atoms with Crippen molar-refractivity contribution in [1.29, 1.82) is 0 Å². The fourth-order valence-corrected chi connectivity index (χ4v) is 2.16. The van der Waals surface area contributed by atoms with E-state index in [-0.39, 0.29) is 0 Å². The average molecular weight is 250 g/mol. The van der Waals surface area contributed by atoms with Crippen LogP contribution in [-0.2, 0) is 6.42 Å². The highest BCUT2D eigenvalue weighted by molar-refractivity contribution is 5.47. The van der Waals surface area contributed by atoms with Crippen molar-refractivity contribution in [3.63, 3.8) is 0 Å².